The molecule has 4 aliphatic rings. The molecule has 0 aromatic carbocycles. The molecule has 0 heterocycles. The van der Waals surface area contributed by atoms with Crippen LogP contribution < -0.4 is 11.1 Å². The third kappa shape index (κ3) is 4.50. The minimum absolute atomic E-state index is 0.0708. The van der Waals surface area contributed by atoms with Crippen molar-refractivity contribution in [3.05, 3.63) is 12.2 Å². The van der Waals surface area contributed by atoms with Gasteiger partial charge in [-0.1, -0.05) is 31.5 Å². The second-order valence-electron chi connectivity index (χ2n) is 11.3. The molecular weight excluding hydrogens is 388 g/mol. The zero-order chi connectivity index (χ0) is 22.1. The average molecular weight is 431 g/mol. The van der Waals surface area contributed by atoms with Crippen molar-refractivity contribution in [2.75, 3.05) is 13.2 Å². The van der Waals surface area contributed by atoms with Gasteiger partial charge in [0.05, 0.1) is 18.4 Å². The Balaban J connectivity index is 1.33. The summed E-state index contributed by atoms with van der Waals surface area (Å²) in [4.78, 5) is 5.13. The summed E-state index contributed by atoms with van der Waals surface area (Å²) in [7, 11) is 0. The molecule has 31 heavy (non-hydrogen) atoms. The van der Waals surface area contributed by atoms with E-state index in [4.69, 9.17) is 16.0 Å². The molecule has 7 atom stereocenters. The van der Waals surface area contributed by atoms with Crippen molar-refractivity contribution in [1.82, 2.24) is 5.32 Å². The summed E-state index contributed by atoms with van der Waals surface area (Å²) < 4.78 is 0. The van der Waals surface area contributed by atoms with Crippen molar-refractivity contribution in [2.24, 2.45) is 45.4 Å². The molecule has 0 unspecified atom stereocenters. The number of rotatable bonds is 6. The highest BCUT2D eigenvalue weighted by Crippen LogP contribution is 2.66. The van der Waals surface area contributed by atoms with E-state index < -0.39 is 5.60 Å². The van der Waals surface area contributed by atoms with Gasteiger partial charge in [0.2, 0.25) is 0 Å². The van der Waals surface area contributed by atoms with Crippen molar-refractivity contribution in [1.29, 1.82) is 5.41 Å². The summed E-state index contributed by atoms with van der Waals surface area (Å²) in [5, 5.41) is 24.9. The van der Waals surface area contributed by atoms with Crippen molar-refractivity contribution in [3.63, 3.8) is 0 Å². The lowest BCUT2D eigenvalue weighted by Gasteiger charge is -2.61. The first-order valence-corrected chi connectivity index (χ1v) is 12.4. The van der Waals surface area contributed by atoms with E-state index in [-0.39, 0.29) is 5.96 Å². The van der Waals surface area contributed by atoms with Crippen molar-refractivity contribution >= 4 is 12.2 Å². The number of hydrogen-bond acceptors (Lipinski definition) is 4. The number of guanidine groups is 1. The van der Waals surface area contributed by atoms with E-state index in [0.29, 0.717) is 29.9 Å². The van der Waals surface area contributed by atoms with Gasteiger partial charge >= 0.3 is 0 Å². The first kappa shape index (κ1) is 22.6. The minimum atomic E-state index is -0.726. The molecule has 6 nitrogen and oxygen atoms in total. The Morgan fingerprint density at radius 2 is 2.00 bits per heavy atom. The number of nitrogens with zero attached hydrogens (tertiary/aromatic N) is 1. The predicted octanol–water partition coefficient (Wildman–Crippen LogP) is 4.19. The first-order chi connectivity index (χ1) is 14.8. The maximum Gasteiger partial charge on any atom is 0.185 e. The van der Waals surface area contributed by atoms with Crippen LogP contribution in [0.4, 0.5) is 0 Å². The van der Waals surface area contributed by atoms with Gasteiger partial charge < -0.3 is 21.0 Å². The molecule has 6 heteroatoms. The van der Waals surface area contributed by atoms with E-state index in [1.165, 1.54) is 44.9 Å². The number of allylic oxidation sites excluding steroid dienone is 1. The van der Waals surface area contributed by atoms with Crippen LogP contribution in [-0.4, -0.2) is 36.0 Å². The Morgan fingerprint density at radius 3 is 2.81 bits per heavy atom. The monoisotopic (exact) mass is 430 g/mol. The van der Waals surface area contributed by atoms with Gasteiger partial charge in [0, 0.05) is 0 Å². The lowest BCUT2D eigenvalue weighted by atomic mass is 9.44. The van der Waals surface area contributed by atoms with Crippen LogP contribution in [0.1, 0.15) is 78.1 Å². The minimum Gasteiger partial charge on any atom is -0.394 e. The molecule has 4 aliphatic carbocycles. The molecule has 0 aromatic rings. The van der Waals surface area contributed by atoms with Crippen LogP contribution in [0.3, 0.4) is 0 Å². The van der Waals surface area contributed by atoms with Crippen LogP contribution >= 0.6 is 0 Å². The van der Waals surface area contributed by atoms with Crippen LogP contribution in [0, 0.1) is 39.9 Å². The maximum atomic E-state index is 11.3. The molecule has 5 N–H and O–H groups in total. The van der Waals surface area contributed by atoms with E-state index in [9.17, 15) is 5.11 Å². The largest absolute Gasteiger partial charge is 0.394 e. The van der Waals surface area contributed by atoms with Gasteiger partial charge in [0.1, 0.15) is 6.61 Å². The highest BCUT2D eigenvalue weighted by atomic mass is 16.6. The SMILES string of the molecule is C[C@@]12CCC[C@H]1[C@@H]1CC[C@@H]3C[C@](O)(/C=C/C=N/OCCNC(=N)N)CC[C@]3(C)[C@H]1CC2. The number of hydrogen-bond donors (Lipinski definition) is 4. The highest BCUT2D eigenvalue weighted by molar-refractivity contribution is 5.74. The van der Waals surface area contributed by atoms with E-state index in [2.05, 4.69) is 24.3 Å². The Labute approximate surface area is 187 Å². The fraction of sp³-hybridized carbons (Fsp3) is 0.840. The van der Waals surface area contributed by atoms with Crippen LogP contribution in [0.2, 0.25) is 0 Å². The van der Waals surface area contributed by atoms with E-state index in [1.54, 1.807) is 6.21 Å². The number of aliphatic hydroxyl groups is 1. The van der Waals surface area contributed by atoms with Crippen LogP contribution in [0.15, 0.2) is 17.3 Å². The summed E-state index contributed by atoms with van der Waals surface area (Å²) in [5.41, 5.74) is 5.50. The lowest BCUT2D eigenvalue weighted by Crippen LogP contribution is -2.55. The molecule has 4 rings (SSSR count). The van der Waals surface area contributed by atoms with Crippen molar-refractivity contribution in [3.8, 4) is 0 Å². The maximum absolute atomic E-state index is 11.3. The normalized spacial score (nSPS) is 44.6. The first-order valence-electron chi connectivity index (χ1n) is 12.4. The van der Waals surface area contributed by atoms with Gasteiger partial charge in [0.25, 0.3) is 0 Å². The Hall–Kier alpha value is -1.56. The molecular formula is C25H42N4O2. The topological polar surface area (TPSA) is 104 Å². The molecule has 0 saturated heterocycles. The zero-order valence-corrected chi connectivity index (χ0v) is 19.4. The Kier molecular flexibility index (Phi) is 6.39. The van der Waals surface area contributed by atoms with Crippen LogP contribution in [0.5, 0.6) is 0 Å². The lowest BCUT2D eigenvalue weighted by molar-refractivity contribution is -0.135. The third-order valence-corrected chi connectivity index (χ3v) is 9.68. The van der Waals surface area contributed by atoms with E-state index in [1.807, 2.05) is 12.2 Å². The number of oxime groups is 1. The van der Waals surface area contributed by atoms with Crippen molar-refractivity contribution in [2.45, 2.75) is 83.7 Å². The quantitative estimate of drug-likeness (QED) is 0.219. The molecule has 0 aliphatic heterocycles. The van der Waals surface area contributed by atoms with Crippen LogP contribution in [-0.2, 0) is 4.84 Å². The third-order valence-electron chi connectivity index (χ3n) is 9.68. The average Bonchev–Trinajstić information content (AvgIpc) is 3.12. The van der Waals surface area contributed by atoms with E-state index >= 15 is 0 Å². The second kappa shape index (κ2) is 8.76. The van der Waals surface area contributed by atoms with Gasteiger partial charge in [-0.3, -0.25) is 5.41 Å². The van der Waals surface area contributed by atoms with Gasteiger partial charge in [0.15, 0.2) is 5.96 Å². The van der Waals surface area contributed by atoms with Gasteiger partial charge in [-0.25, -0.2) is 0 Å². The number of nitrogens with one attached hydrogen (secondary N) is 2. The number of nitrogens with two attached hydrogens (primary N) is 1. The molecule has 0 spiro atoms. The fourth-order valence-corrected chi connectivity index (χ4v) is 8.00. The second-order valence-corrected chi connectivity index (χ2v) is 11.3. The van der Waals surface area contributed by atoms with Gasteiger partial charge in [-0.2, -0.15) is 0 Å². The molecule has 4 saturated carbocycles. The smallest absolute Gasteiger partial charge is 0.185 e. The molecule has 0 amide bonds. The summed E-state index contributed by atoms with van der Waals surface area (Å²) in [6.07, 6.45) is 18.0. The Bertz CT molecular complexity index is 724. The summed E-state index contributed by atoms with van der Waals surface area (Å²) in [6.45, 7) is 5.92. The van der Waals surface area contributed by atoms with Gasteiger partial charge in [-0.05, 0) is 98.4 Å². The Morgan fingerprint density at radius 1 is 1.16 bits per heavy atom. The predicted molar refractivity (Wildman–Crippen MR) is 125 cm³/mol. The van der Waals surface area contributed by atoms with E-state index in [0.717, 1.165) is 37.0 Å². The fourth-order valence-electron chi connectivity index (χ4n) is 8.00. The summed E-state index contributed by atoms with van der Waals surface area (Å²) in [6, 6.07) is 0. The molecule has 174 valence electrons. The summed E-state index contributed by atoms with van der Waals surface area (Å²) >= 11 is 0. The molecule has 4 fully saturated rings. The van der Waals surface area contributed by atoms with Gasteiger partial charge in [-0.15, -0.1) is 0 Å². The standard InChI is InChI=1S/C25H42N4O2/c1-23-9-3-5-20(23)19-7-6-18-17-25(30,13-12-24(18,2)21(19)8-11-23)10-4-14-29-31-16-15-28-22(26)27/h4,10,14,18-21,30H,3,5-9,11-13,15-17H2,1-2H3,(H4,26,27,28)/b10-4+,29-14+/t18-,19+,20+,21+,23+,24+,25+/m1/s1. The molecule has 0 aromatic heterocycles. The molecule has 0 bridgehead atoms. The molecule has 0 radical (unpaired) electrons. The van der Waals surface area contributed by atoms with Crippen molar-refractivity contribution < 1.29 is 9.94 Å². The summed E-state index contributed by atoms with van der Waals surface area (Å²) in [5.74, 6) is 3.28. The van der Waals surface area contributed by atoms with Crippen LogP contribution in [0.25, 0.3) is 0 Å². The zero-order valence-electron chi connectivity index (χ0n) is 19.4. The number of fused-ring (bicyclic) bond motifs is 5. The highest BCUT2D eigenvalue weighted by Gasteiger charge is 2.58.